The Morgan fingerprint density at radius 2 is 1.85 bits per heavy atom. The van der Waals surface area contributed by atoms with Gasteiger partial charge in [0.15, 0.2) is 0 Å². The Hall–Kier alpha value is -3.02. The van der Waals surface area contributed by atoms with Gasteiger partial charge in [-0.1, -0.05) is 6.07 Å². The molecule has 27 heavy (non-hydrogen) atoms. The molecule has 3 rings (SSSR count). The number of carbonyl (C=O) groups is 2. The van der Waals surface area contributed by atoms with E-state index < -0.39 is 0 Å². The number of rotatable bonds is 8. The van der Waals surface area contributed by atoms with Crippen LogP contribution in [0.5, 0.6) is 11.5 Å². The monoisotopic (exact) mass is 368 g/mol. The van der Waals surface area contributed by atoms with E-state index >= 15 is 0 Å². The van der Waals surface area contributed by atoms with E-state index in [0.717, 1.165) is 24.4 Å². The molecule has 1 fully saturated rings. The fourth-order valence-electron chi connectivity index (χ4n) is 2.96. The number of anilines is 2. The van der Waals surface area contributed by atoms with Gasteiger partial charge in [0.2, 0.25) is 11.8 Å². The van der Waals surface area contributed by atoms with Crippen molar-refractivity contribution in [3.63, 3.8) is 0 Å². The molecule has 142 valence electrons. The summed E-state index contributed by atoms with van der Waals surface area (Å²) in [5.74, 6) is 1.48. The highest BCUT2D eigenvalue weighted by Crippen LogP contribution is 2.24. The molecule has 6 nitrogen and oxygen atoms in total. The Balaban J connectivity index is 1.47. The van der Waals surface area contributed by atoms with E-state index in [1.807, 2.05) is 55.5 Å². The SMILES string of the molecule is CCOc1ccc(OCCC(=O)Nc2cccc(N3CCCC3=O)c2)cc1. The molecule has 6 heteroatoms. The quantitative estimate of drug-likeness (QED) is 0.773. The van der Waals surface area contributed by atoms with E-state index in [1.54, 1.807) is 4.90 Å². The first-order valence-corrected chi connectivity index (χ1v) is 9.21. The van der Waals surface area contributed by atoms with Crippen LogP contribution in [0.4, 0.5) is 11.4 Å². The maximum Gasteiger partial charge on any atom is 0.227 e. The normalized spacial score (nSPS) is 13.5. The fraction of sp³-hybridized carbons (Fsp3) is 0.333. The zero-order chi connectivity index (χ0) is 19.1. The largest absolute Gasteiger partial charge is 0.494 e. The third kappa shape index (κ3) is 5.23. The van der Waals surface area contributed by atoms with Crippen molar-refractivity contribution in [1.29, 1.82) is 0 Å². The number of hydrogen-bond donors (Lipinski definition) is 1. The van der Waals surface area contributed by atoms with Crippen LogP contribution >= 0.6 is 0 Å². The number of carbonyl (C=O) groups excluding carboxylic acids is 2. The fourth-order valence-corrected chi connectivity index (χ4v) is 2.96. The van der Waals surface area contributed by atoms with Crippen molar-refractivity contribution in [1.82, 2.24) is 0 Å². The van der Waals surface area contributed by atoms with Gasteiger partial charge >= 0.3 is 0 Å². The van der Waals surface area contributed by atoms with Crippen molar-refractivity contribution >= 4 is 23.2 Å². The zero-order valence-corrected chi connectivity index (χ0v) is 15.4. The summed E-state index contributed by atoms with van der Waals surface area (Å²) in [6.45, 7) is 3.56. The summed E-state index contributed by atoms with van der Waals surface area (Å²) in [7, 11) is 0. The van der Waals surface area contributed by atoms with Gasteiger partial charge in [0, 0.05) is 24.3 Å². The van der Waals surface area contributed by atoms with Gasteiger partial charge in [0.1, 0.15) is 11.5 Å². The molecule has 1 saturated heterocycles. The van der Waals surface area contributed by atoms with Gasteiger partial charge in [0.05, 0.1) is 19.6 Å². The average Bonchev–Trinajstić information content (AvgIpc) is 3.10. The lowest BCUT2D eigenvalue weighted by Crippen LogP contribution is -2.23. The molecule has 0 aliphatic carbocycles. The van der Waals surface area contributed by atoms with Crippen LogP contribution < -0.4 is 19.7 Å². The minimum absolute atomic E-state index is 0.127. The lowest BCUT2D eigenvalue weighted by Gasteiger charge is -2.16. The molecule has 0 spiro atoms. The summed E-state index contributed by atoms with van der Waals surface area (Å²) >= 11 is 0. The van der Waals surface area contributed by atoms with Crippen molar-refractivity contribution in [3.8, 4) is 11.5 Å². The van der Waals surface area contributed by atoms with E-state index in [0.29, 0.717) is 24.5 Å². The maximum absolute atomic E-state index is 12.1. The molecule has 0 radical (unpaired) electrons. The Labute approximate surface area is 159 Å². The first-order chi connectivity index (χ1) is 13.2. The van der Waals surface area contributed by atoms with E-state index in [1.165, 1.54) is 0 Å². The minimum atomic E-state index is -0.133. The molecular weight excluding hydrogens is 344 g/mol. The topological polar surface area (TPSA) is 67.9 Å². The second-order valence-electron chi connectivity index (χ2n) is 6.25. The van der Waals surface area contributed by atoms with Crippen LogP contribution in [-0.2, 0) is 9.59 Å². The third-order valence-corrected chi connectivity index (χ3v) is 4.25. The van der Waals surface area contributed by atoms with Crippen molar-refractivity contribution in [2.75, 3.05) is 30.0 Å². The third-order valence-electron chi connectivity index (χ3n) is 4.25. The van der Waals surface area contributed by atoms with Crippen molar-refractivity contribution in [2.24, 2.45) is 0 Å². The van der Waals surface area contributed by atoms with Crippen LogP contribution in [-0.4, -0.2) is 31.6 Å². The van der Waals surface area contributed by atoms with Crippen LogP contribution in [0.3, 0.4) is 0 Å². The number of benzene rings is 2. The Bertz CT molecular complexity index is 789. The summed E-state index contributed by atoms with van der Waals surface area (Å²) in [6, 6.07) is 14.7. The van der Waals surface area contributed by atoms with E-state index in [9.17, 15) is 9.59 Å². The van der Waals surface area contributed by atoms with Crippen LogP contribution in [0.15, 0.2) is 48.5 Å². The van der Waals surface area contributed by atoms with Crippen LogP contribution in [0.25, 0.3) is 0 Å². The highest BCUT2D eigenvalue weighted by atomic mass is 16.5. The molecule has 1 aliphatic rings. The predicted octanol–water partition coefficient (Wildman–Crippen LogP) is 3.62. The highest BCUT2D eigenvalue weighted by Gasteiger charge is 2.21. The Morgan fingerprint density at radius 1 is 1.11 bits per heavy atom. The summed E-state index contributed by atoms with van der Waals surface area (Å²) in [5, 5.41) is 2.86. The second kappa shape index (κ2) is 9.07. The number of nitrogens with one attached hydrogen (secondary N) is 1. The van der Waals surface area contributed by atoms with Crippen LogP contribution in [0.1, 0.15) is 26.2 Å². The van der Waals surface area contributed by atoms with Gasteiger partial charge in [-0.05, 0) is 55.8 Å². The molecule has 0 saturated carbocycles. The van der Waals surface area contributed by atoms with Gasteiger partial charge in [-0.25, -0.2) is 0 Å². The van der Waals surface area contributed by atoms with Crippen LogP contribution in [0, 0.1) is 0 Å². The van der Waals surface area contributed by atoms with Gasteiger partial charge in [0.25, 0.3) is 0 Å². The number of amides is 2. The molecule has 2 aromatic carbocycles. The average molecular weight is 368 g/mol. The number of hydrogen-bond acceptors (Lipinski definition) is 4. The van der Waals surface area contributed by atoms with Gasteiger partial charge < -0.3 is 19.7 Å². The summed E-state index contributed by atoms with van der Waals surface area (Å²) < 4.78 is 11.0. The molecular formula is C21H24N2O4. The standard InChI is InChI=1S/C21H24N2O4/c1-2-26-18-8-10-19(11-9-18)27-14-12-20(24)22-16-5-3-6-17(15-16)23-13-4-7-21(23)25/h3,5-6,8-11,15H,2,4,7,12-14H2,1H3,(H,22,24). The molecule has 1 aliphatic heterocycles. The first kappa shape index (κ1) is 18.8. The highest BCUT2D eigenvalue weighted by molar-refractivity contribution is 5.97. The summed E-state index contributed by atoms with van der Waals surface area (Å²) in [5.41, 5.74) is 1.50. The lowest BCUT2D eigenvalue weighted by molar-refractivity contribution is -0.117. The second-order valence-corrected chi connectivity index (χ2v) is 6.25. The predicted molar refractivity (Wildman–Crippen MR) is 104 cm³/mol. The zero-order valence-electron chi connectivity index (χ0n) is 15.4. The molecule has 1 N–H and O–H groups in total. The summed E-state index contributed by atoms with van der Waals surface area (Å²) in [6.07, 6.45) is 1.69. The first-order valence-electron chi connectivity index (χ1n) is 9.21. The van der Waals surface area contributed by atoms with Gasteiger partial charge in [-0.15, -0.1) is 0 Å². The Kier molecular flexibility index (Phi) is 6.30. The molecule has 1 heterocycles. The molecule has 2 amide bonds. The molecule has 0 aromatic heterocycles. The lowest BCUT2D eigenvalue weighted by atomic mass is 10.2. The van der Waals surface area contributed by atoms with Gasteiger partial charge in [-0.2, -0.15) is 0 Å². The van der Waals surface area contributed by atoms with Crippen molar-refractivity contribution in [3.05, 3.63) is 48.5 Å². The molecule has 2 aromatic rings. The number of ether oxygens (including phenoxy) is 2. The van der Waals surface area contributed by atoms with Crippen molar-refractivity contribution < 1.29 is 19.1 Å². The van der Waals surface area contributed by atoms with Crippen LogP contribution in [0.2, 0.25) is 0 Å². The van der Waals surface area contributed by atoms with Gasteiger partial charge in [-0.3, -0.25) is 9.59 Å². The van der Waals surface area contributed by atoms with E-state index in [2.05, 4.69) is 5.32 Å². The van der Waals surface area contributed by atoms with Crippen molar-refractivity contribution in [2.45, 2.75) is 26.2 Å². The minimum Gasteiger partial charge on any atom is -0.494 e. The Morgan fingerprint density at radius 3 is 2.52 bits per heavy atom. The summed E-state index contributed by atoms with van der Waals surface area (Å²) in [4.78, 5) is 25.8. The van der Waals surface area contributed by atoms with E-state index in [-0.39, 0.29) is 24.8 Å². The smallest absolute Gasteiger partial charge is 0.227 e. The number of nitrogens with zero attached hydrogens (tertiary/aromatic N) is 1. The molecule has 0 unspecified atom stereocenters. The molecule has 0 bridgehead atoms. The molecule has 0 atom stereocenters. The maximum atomic E-state index is 12.1. The van der Waals surface area contributed by atoms with E-state index in [4.69, 9.17) is 9.47 Å².